The van der Waals surface area contributed by atoms with Crippen LogP contribution in [0.15, 0.2) is 39.8 Å². The maximum Gasteiger partial charge on any atom is 0.191 e. The highest BCUT2D eigenvalue weighted by Gasteiger charge is 2.24. The summed E-state index contributed by atoms with van der Waals surface area (Å²) in [6, 6.07) is 10.7. The average molecular weight is 428 g/mol. The van der Waals surface area contributed by atoms with Crippen molar-refractivity contribution in [3.63, 3.8) is 0 Å². The van der Waals surface area contributed by atoms with E-state index in [9.17, 15) is 0 Å². The number of methoxy groups -OCH3 is 1. The fourth-order valence-electron chi connectivity index (χ4n) is 4.26. The van der Waals surface area contributed by atoms with E-state index in [-0.39, 0.29) is 6.04 Å². The second kappa shape index (κ2) is 11.7. The van der Waals surface area contributed by atoms with Gasteiger partial charge in [-0.1, -0.05) is 31.1 Å². The molecule has 1 aliphatic heterocycles. The first kappa shape index (κ1) is 23.1. The zero-order valence-corrected chi connectivity index (χ0v) is 19.4. The van der Waals surface area contributed by atoms with E-state index in [0.717, 1.165) is 55.6 Å². The van der Waals surface area contributed by atoms with Gasteiger partial charge in [0, 0.05) is 25.6 Å². The summed E-state index contributed by atoms with van der Waals surface area (Å²) >= 11 is 0. The Hall–Kier alpha value is -2.54. The van der Waals surface area contributed by atoms with Crippen LogP contribution in [0.25, 0.3) is 0 Å². The molecule has 0 saturated carbocycles. The summed E-state index contributed by atoms with van der Waals surface area (Å²) in [6.07, 6.45) is 4.64. The SMILES string of the molecule is CCC(CC)c1cc(CNC(=NC)NCC(c2cccc(OC)c2)N2CCCC2)on1. The van der Waals surface area contributed by atoms with E-state index in [4.69, 9.17) is 9.26 Å². The van der Waals surface area contributed by atoms with Crippen molar-refractivity contribution in [2.45, 2.75) is 58.0 Å². The second-order valence-electron chi connectivity index (χ2n) is 8.07. The molecule has 1 saturated heterocycles. The van der Waals surface area contributed by atoms with Crippen LogP contribution in [-0.2, 0) is 6.54 Å². The van der Waals surface area contributed by atoms with E-state index in [1.54, 1.807) is 14.2 Å². The molecule has 0 radical (unpaired) electrons. The molecule has 2 N–H and O–H groups in total. The van der Waals surface area contributed by atoms with Crippen LogP contribution in [0.4, 0.5) is 0 Å². The zero-order chi connectivity index (χ0) is 22.1. The number of nitrogens with zero attached hydrogens (tertiary/aromatic N) is 3. The van der Waals surface area contributed by atoms with Crippen LogP contribution in [0, 0.1) is 0 Å². The number of ether oxygens (including phenoxy) is 1. The zero-order valence-electron chi connectivity index (χ0n) is 19.4. The van der Waals surface area contributed by atoms with Crippen LogP contribution in [0.5, 0.6) is 5.75 Å². The molecule has 1 atom stereocenters. The van der Waals surface area contributed by atoms with E-state index < -0.39 is 0 Å². The lowest BCUT2D eigenvalue weighted by atomic mass is 9.99. The van der Waals surface area contributed by atoms with Gasteiger partial charge < -0.3 is 19.9 Å². The third kappa shape index (κ3) is 6.23. The molecule has 2 aromatic rings. The minimum atomic E-state index is 0.267. The minimum Gasteiger partial charge on any atom is -0.497 e. The number of aliphatic imine (C=N–C) groups is 1. The Morgan fingerprint density at radius 1 is 1.19 bits per heavy atom. The fraction of sp³-hybridized carbons (Fsp3) is 0.583. The highest BCUT2D eigenvalue weighted by molar-refractivity contribution is 5.79. The molecule has 31 heavy (non-hydrogen) atoms. The van der Waals surface area contributed by atoms with Gasteiger partial charge in [0.15, 0.2) is 11.7 Å². The highest BCUT2D eigenvalue weighted by Crippen LogP contribution is 2.27. The number of nitrogens with one attached hydrogen (secondary N) is 2. The molecule has 2 heterocycles. The van der Waals surface area contributed by atoms with Crippen LogP contribution < -0.4 is 15.4 Å². The van der Waals surface area contributed by atoms with Crippen molar-refractivity contribution in [1.82, 2.24) is 20.7 Å². The lowest BCUT2D eigenvalue weighted by molar-refractivity contribution is 0.245. The number of aromatic nitrogens is 1. The summed E-state index contributed by atoms with van der Waals surface area (Å²) in [5.74, 6) is 2.93. The van der Waals surface area contributed by atoms with Crippen LogP contribution >= 0.6 is 0 Å². The van der Waals surface area contributed by atoms with Gasteiger partial charge in [0.25, 0.3) is 0 Å². The molecule has 1 aromatic carbocycles. The number of guanidine groups is 1. The van der Waals surface area contributed by atoms with Crippen molar-refractivity contribution in [3.05, 3.63) is 47.3 Å². The van der Waals surface area contributed by atoms with E-state index in [0.29, 0.717) is 12.5 Å². The Bertz CT molecular complexity index is 825. The van der Waals surface area contributed by atoms with Crippen molar-refractivity contribution < 1.29 is 9.26 Å². The predicted molar refractivity (Wildman–Crippen MR) is 125 cm³/mol. The van der Waals surface area contributed by atoms with Gasteiger partial charge in [-0.3, -0.25) is 9.89 Å². The van der Waals surface area contributed by atoms with Gasteiger partial charge in [-0.05, 0) is 56.5 Å². The molecule has 7 heteroatoms. The largest absolute Gasteiger partial charge is 0.497 e. The standard InChI is InChI=1S/C24H37N5O2/c1-5-18(6-2)22-15-21(31-28-22)16-26-24(25-3)27-17-23(29-12-7-8-13-29)19-10-9-11-20(14-19)30-4/h9-11,14-15,18,23H,5-8,12-13,16-17H2,1-4H3,(H2,25,26,27). The monoisotopic (exact) mass is 427 g/mol. The smallest absolute Gasteiger partial charge is 0.191 e. The van der Waals surface area contributed by atoms with Crippen LogP contribution in [0.3, 0.4) is 0 Å². The Morgan fingerprint density at radius 3 is 2.65 bits per heavy atom. The van der Waals surface area contributed by atoms with Crippen molar-refractivity contribution in [2.24, 2.45) is 4.99 Å². The van der Waals surface area contributed by atoms with Gasteiger partial charge in [0.2, 0.25) is 0 Å². The minimum absolute atomic E-state index is 0.267. The lowest BCUT2D eigenvalue weighted by Crippen LogP contribution is -2.42. The van der Waals surface area contributed by atoms with E-state index in [2.05, 4.69) is 63.8 Å². The number of likely N-dealkylation sites (tertiary alicyclic amines) is 1. The summed E-state index contributed by atoms with van der Waals surface area (Å²) in [5.41, 5.74) is 2.30. The number of benzene rings is 1. The quantitative estimate of drug-likeness (QED) is 0.439. The maximum atomic E-state index is 5.53. The van der Waals surface area contributed by atoms with Gasteiger partial charge in [-0.15, -0.1) is 0 Å². The van der Waals surface area contributed by atoms with E-state index in [1.165, 1.54) is 18.4 Å². The molecule has 0 aliphatic carbocycles. The molecule has 0 bridgehead atoms. The Balaban J connectivity index is 1.60. The van der Waals surface area contributed by atoms with Crippen molar-refractivity contribution in [2.75, 3.05) is 33.8 Å². The average Bonchev–Trinajstić information content (AvgIpc) is 3.50. The molecule has 7 nitrogen and oxygen atoms in total. The van der Waals surface area contributed by atoms with Crippen molar-refractivity contribution in [3.8, 4) is 5.75 Å². The van der Waals surface area contributed by atoms with Crippen LogP contribution in [0.1, 0.15) is 68.5 Å². The highest BCUT2D eigenvalue weighted by atomic mass is 16.5. The van der Waals surface area contributed by atoms with Crippen LogP contribution in [-0.4, -0.2) is 49.8 Å². The molecule has 1 unspecified atom stereocenters. The van der Waals surface area contributed by atoms with E-state index in [1.807, 2.05) is 6.07 Å². The number of hydrogen-bond donors (Lipinski definition) is 2. The van der Waals surface area contributed by atoms with Gasteiger partial charge >= 0.3 is 0 Å². The first-order valence-electron chi connectivity index (χ1n) is 11.5. The van der Waals surface area contributed by atoms with Gasteiger partial charge in [0.05, 0.1) is 25.4 Å². The lowest BCUT2D eigenvalue weighted by Gasteiger charge is -2.29. The normalized spacial score (nSPS) is 16.0. The molecule has 1 fully saturated rings. The molecule has 170 valence electrons. The van der Waals surface area contributed by atoms with Gasteiger partial charge in [0.1, 0.15) is 5.75 Å². The Morgan fingerprint density at radius 2 is 1.97 bits per heavy atom. The topological polar surface area (TPSA) is 74.9 Å². The summed E-state index contributed by atoms with van der Waals surface area (Å²) in [6.45, 7) is 7.93. The third-order valence-electron chi connectivity index (χ3n) is 6.16. The summed E-state index contributed by atoms with van der Waals surface area (Å²) in [7, 11) is 3.51. The predicted octanol–water partition coefficient (Wildman–Crippen LogP) is 4.09. The van der Waals surface area contributed by atoms with E-state index >= 15 is 0 Å². The first-order chi connectivity index (χ1) is 15.2. The molecule has 0 spiro atoms. The van der Waals surface area contributed by atoms with Gasteiger partial charge in [-0.2, -0.15) is 0 Å². The molecular weight excluding hydrogens is 390 g/mol. The molecule has 1 aromatic heterocycles. The fourth-order valence-corrected chi connectivity index (χ4v) is 4.26. The Kier molecular flexibility index (Phi) is 8.76. The van der Waals surface area contributed by atoms with Crippen LogP contribution in [0.2, 0.25) is 0 Å². The number of rotatable bonds is 10. The second-order valence-corrected chi connectivity index (χ2v) is 8.07. The Labute approximate surface area is 186 Å². The maximum absolute atomic E-state index is 5.53. The number of hydrogen-bond acceptors (Lipinski definition) is 5. The summed E-state index contributed by atoms with van der Waals surface area (Å²) in [4.78, 5) is 6.93. The van der Waals surface area contributed by atoms with Crippen molar-refractivity contribution >= 4 is 5.96 Å². The molecule has 0 amide bonds. The summed E-state index contributed by atoms with van der Waals surface area (Å²) < 4.78 is 11.0. The van der Waals surface area contributed by atoms with Crippen molar-refractivity contribution in [1.29, 1.82) is 0 Å². The third-order valence-corrected chi connectivity index (χ3v) is 6.16. The van der Waals surface area contributed by atoms with Gasteiger partial charge in [-0.25, -0.2) is 0 Å². The first-order valence-corrected chi connectivity index (χ1v) is 11.5. The molecular formula is C24H37N5O2. The molecule has 3 rings (SSSR count). The molecule has 1 aliphatic rings. The summed E-state index contributed by atoms with van der Waals surface area (Å²) in [5, 5.41) is 11.1.